The van der Waals surface area contributed by atoms with E-state index in [1.165, 1.54) is 0 Å². The van der Waals surface area contributed by atoms with Gasteiger partial charge in [-0.1, -0.05) is 0 Å². The fourth-order valence-corrected chi connectivity index (χ4v) is 1.90. The number of ether oxygens (including phenoxy) is 2. The van der Waals surface area contributed by atoms with Gasteiger partial charge in [-0.15, -0.1) is 0 Å². The molecule has 1 aliphatic heterocycles. The second-order valence-electron chi connectivity index (χ2n) is 4.14. The summed E-state index contributed by atoms with van der Waals surface area (Å²) in [7, 11) is 1.66. The molecule has 1 fully saturated rings. The highest BCUT2D eigenvalue weighted by atomic mass is 16.5. The third kappa shape index (κ3) is 2.28. The summed E-state index contributed by atoms with van der Waals surface area (Å²) in [5, 5.41) is 3.45. The highest BCUT2D eigenvalue weighted by Crippen LogP contribution is 2.24. The normalized spacial score (nSPS) is 24.4. The molecule has 1 atom stereocenters. The molecule has 1 aromatic carbocycles. The summed E-state index contributed by atoms with van der Waals surface area (Å²) in [6.45, 7) is 2.04. The van der Waals surface area contributed by atoms with Crippen molar-refractivity contribution in [2.24, 2.45) is 5.73 Å². The lowest BCUT2D eigenvalue weighted by Crippen LogP contribution is -2.46. The summed E-state index contributed by atoms with van der Waals surface area (Å²) < 4.78 is 10.5. The Morgan fingerprint density at radius 1 is 1.44 bits per heavy atom. The van der Waals surface area contributed by atoms with E-state index in [4.69, 9.17) is 15.2 Å². The van der Waals surface area contributed by atoms with E-state index < -0.39 is 0 Å². The fourth-order valence-electron chi connectivity index (χ4n) is 1.90. The number of hydrogen-bond acceptors (Lipinski definition) is 4. The van der Waals surface area contributed by atoms with Crippen LogP contribution in [0, 0.1) is 0 Å². The van der Waals surface area contributed by atoms with E-state index in [2.05, 4.69) is 5.32 Å². The van der Waals surface area contributed by atoms with Gasteiger partial charge in [0.1, 0.15) is 5.75 Å². The fraction of sp³-hybridized carbons (Fsp3) is 0.500. The van der Waals surface area contributed by atoms with Crippen LogP contribution in [0.3, 0.4) is 0 Å². The molecule has 1 saturated heterocycles. The van der Waals surface area contributed by atoms with Crippen LogP contribution in [0.2, 0.25) is 0 Å². The molecule has 4 nitrogen and oxygen atoms in total. The lowest BCUT2D eigenvalue weighted by atomic mass is 9.98. The third-order valence-corrected chi connectivity index (χ3v) is 2.99. The molecule has 1 unspecified atom stereocenters. The van der Waals surface area contributed by atoms with E-state index in [-0.39, 0.29) is 5.54 Å². The minimum Gasteiger partial charge on any atom is -0.497 e. The predicted molar refractivity (Wildman–Crippen MR) is 63.8 cm³/mol. The van der Waals surface area contributed by atoms with Gasteiger partial charge in [-0.05, 0) is 30.7 Å². The van der Waals surface area contributed by atoms with Crippen molar-refractivity contribution in [1.29, 1.82) is 0 Å². The number of rotatable bonds is 4. The standard InChI is InChI=1S/C12H18N2O2/c1-15-11-4-2-10(3-5-11)14-12(8-13)6-7-16-9-12/h2-5,14H,6-9,13H2,1H3. The van der Waals surface area contributed by atoms with Crippen molar-refractivity contribution in [2.75, 3.05) is 32.2 Å². The zero-order valence-electron chi connectivity index (χ0n) is 9.53. The van der Waals surface area contributed by atoms with E-state index in [1.807, 2.05) is 24.3 Å². The van der Waals surface area contributed by atoms with Crippen molar-refractivity contribution in [3.8, 4) is 5.75 Å². The van der Waals surface area contributed by atoms with E-state index in [0.29, 0.717) is 13.2 Å². The molecule has 0 radical (unpaired) electrons. The second kappa shape index (κ2) is 4.72. The molecule has 0 spiro atoms. The first-order valence-electron chi connectivity index (χ1n) is 5.48. The maximum atomic E-state index is 5.81. The van der Waals surface area contributed by atoms with Crippen molar-refractivity contribution >= 4 is 5.69 Å². The van der Waals surface area contributed by atoms with Gasteiger partial charge < -0.3 is 20.5 Å². The van der Waals surface area contributed by atoms with Gasteiger partial charge >= 0.3 is 0 Å². The van der Waals surface area contributed by atoms with Crippen LogP contribution in [0.15, 0.2) is 24.3 Å². The van der Waals surface area contributed by atoms with Gasteiger partial charge in [0.25, 0.3) is 0 Å². The molecule has 1 heterocycles. The summed E-state index contributed by atoms with van der Waals surface area (Å²) in [5.74, 6) is 0.857. The Morgan fingerprint density at radius 3 is 2.69 bits per heavy atom. The molecule has 88 valence electrons. The lowest BCUT2D eigenvalue weighted by molar-refractivity contribution is 0.183. The minimum absolute atomic E-state index is 0.103. The highest BCUT2D eigenvalue weighted by Gasteiger charge is 2.33. The third-order valence-electron chi connectivity index (χ3n) is 2.99. The lowest BCUT2D eigenvalue weighted by Gasteiger charge is -2.28. The Morgan fingerprint density at radius 2 is 2.19 bits per heavy atom. The van der Waals surface area contributed by atoms with E-state index in [9.17, 15) is 0 Å². The smallest absolute Gasteiger partial charge is 0.119 e. The Labute approximate surface area is 95.7 Å². The van der Waals surface area contributed by atoms with Crippen molar-refractivity contribution in [3.63, 3.8) is 0 Å². The summed E-state index contributed by atoms with van der Waals surface area (Å²) in [4.78, 5) is 0. The van der Waals surface area contributed by atoms with Gasteiger partial charge in [0.2, 0.25) is 0 Å². The van der Waals surface area contributed by atoms with Gasteiger partial charge in [-0.2, -0.15) is 0 Å². The van der Waals surface area contributed by atoms with Gasteiger partial charge in [0, 0.05) is 18.8 Å². The Kier molecular flexibility index (Phi) is 3.31. The largest absolute Gasteiger partial charge is 0.497 e. The molecular weight excluding hydrogens is 204 g/mol. The van der Waals surface area contributed by atoms with Crippen LogP contribution in [-0.2, 0) is 4.74 Å². The van der Waals surface area contributed by atoms with E-state index >= 15 is 0 Å². The molecule has 0 saturated carbocycles. The molecule has 0 amide bonds. The van der Waals surface area contributed by atoms with Gasteiger partial charge in [0.15, 0.2) is 0 Å². The molecule has 2 rings (SSSR count). The topological polar surface area (TPSA) is 56.5 Å². The van der Waals surface area contributed by atoms with Gasteiger partial charge in [-0.25, -0.2) is 0 Å². The van der Waals surface area contributed by atoms with Crippen LogP contribution >= 0.6 is 0 Å². The molecule has 0 bridgehead atoms. The molecule has 16 heavy (non-hydrogen) atoms. The van der Waals surface area contributed by atoms with Crippen molar-refractivity contribution in [3.05, 3.63) is 24.3 Å². The van der Waals surface area contributed by atoms with Crippen molar-refractivity contribution in [1.82, 2.24) is 0 Å². The Bertz CT molecular complexity index is 331. The highest BCUT2D eigenvalue weighted by molar-refractivity contribution is 5.48. The zero-order chi connectivity index (χ0) is 11.4. The average molecular weight is 222 g/mol. The van der Waals surface area contributed by atoms with Crippen LogP contribution < -0.4 is 15.8 Å². The minimum atomic E-state index is -0.103. The van der Waals surface area contributed by atoms with Crippen molar-refractivity contribution in [2.45, 2.75) is 12.0 Å². The SMILES string of the molecule is COc1ccc(NC2(CN)CCOC2)cc1. The number of benzene rings is 1. The summed E-state index contributed by atoms with van der Waals surface area (Å²) >= 11 is 0. The molecule has 4 heteroatoms. The molecule has 0 aromatic heterocycles. The van der Waals surface area contributed by atoms with Crippen LogP contribution in [0.5, 0.6) is 5.75 Å². The first-order chi connectivity index (χ1) is 7.78. The number of nitrogens with two attached hydrogens (primary N) is 1. The number of nitrogens with one attached hydrogen (secondary N) is 1. The summed E-state index contributed by atoms with van der Waals surface area (Å²) in [5.41, 5.74) is 6.76. The summed E-state index contributed by atoms with van der Waals surface area (Å²) in [6.07, 6.45) is 0.954. The van der Waals surface area contributed by atoms with Crippen molar-refractivity contribution < 1.29 is 9.47 Å². The number of methoxy groups -OCH3 is 1. The predicted octanol–water partition coefficient (Wildman–Crippen LogP) is 1.22. The maximum absolute atomic E-state index is 5.81. The summed E-state index contributed by atoms with van der Waals surface area (Å²) in [6, 6.07) is 7.86. The second-order valence-corrected chi connectivity index (χ2v) is 4.14. The van der Waals surface area contributed by atoms with Crippen LogP contribution in [0.4, 0.5) is 5.69 Å². The molecule has 0 aliphatic carbocycles. The van der Waals surface area contributed by atoms with Gasteiger partial charge in [0.05, 0.1) is 19.3 Å². The average Bonchev–Trinajstić information content (AvgIpc) is 2.79. The van der Waals surface area contributed by atoms with Crippen LogP contribution in [0.1, 0.15) is 6.42 Å². The van der Waals surface area contributed by atoms with E-state index in [1.54, 1.807) is 7.11 Å². The monoisotopic (exact) mass is 222 g/mol. The van der Waals surface area contributed by atoms with Crippen LogP contribution in [0.25, 0.3) is 0 Å². The van der Waals surface area contributed by atoms with Gasteiger partial charge in [-0.3, -0.25) is 0 Å². The molecule has 1 aromatic rings. The molecule has 3 N–H and O–H groups in total. The molecule has 1 aliphatic rings. The number of hydrogen-bond donors (Lipinski definition) is 2. The first-order valence-corrected chi connectivity index (χ1v) is 5.48. The quantitative estimate of drug-likeness (QED) is 0.804. The van der Waals surface area contributed by atoms with Crippen LogP contribution in [-0.4, -0.2) is 32.4 Å². The molecular formula is C12H18N2O2. The zero-order valence-corrected chi connectivity index (χ0v) is 9.53. The van der Waals surface area contributed by atoms with E-state index in [0.717, 1.165) is 24.5 Å². The Hall–Kier alpha value is -1.26. The Balaban J connectivity index is 2.07. The first kappa shape index (κ1) is 11.2. The number of anilines is 1. The maximum Gasteiger partial charge on any atom is 0.119 e.